The van der Waals surface area contributed by atoms with Crippen molar-refractivity contribution in [3.8, 4) is 0 Å². The van der Waals surface area contributed by atoms with Crippen molar-refractivity contribution in [3.63, 3.8) is 0 Å². The molecule has 0 bridgehead atoms. The predicted molar refractivity (Wildman–Crippen MR) is 76.4 cm³/mol. The van der Waals surface area contributed by atoms with Gasteiger partial charge >= 0.3 is 17.3 Å². The fourth-order valence-corrected chi connectivity index (χ4v) is 2.23. The number of hydrogen-bond donors (Lipinski definition) is 3. The van der Waals surface area contributed by atoms with E-state index in [2.05, 4.69) is 0 Å². The molecule has 0 radical (unpaired) electrons. The number of carboxylic acid groups (broad SMARTS) is 1. The summed E-state index contributed by atoms with van der Waals surface area (Å²) in [5, 5.41) is 31.0. The van der Waals surface area contributed by atoms with Crippen molar-refractivity contribution in [1.29, 1.82) is 0 Å². The van der Waals surface area contributed by atoms with E-state index in [-0.39, 0.29) is 24.9 Å². The summed E-state index contributed by atoms with van der Waals surface area (Å²) in [4.78, 5) is 31.3. The number of carboxylic acids is 1. The van der Waals surface area contributed by atoms with Gasteiger partial charge < -0.3 is 16.6 Å². The van der Waals surface area contributed by atoms with Gasteiger partial charge in [0.25, 0.3) is 0 Å². The zero-order valence-electron chi connectivity index (χ0n) is 11.5. The molecule has 0 amide bonds. The number of nitro benzene ring substituents is 2. The van der Waals surface area contributed by atoms with Gasteiger partial charge in [-0.2, -0.15) is 0 Å². The molecule has 0 spiro atoms. The Hall–Kier alpha value is -2.59. The van der Waals surface area contributed by atoms with E-state index in [0.29, 0.717) is 0 Å². The van der Waals surface area contributed by atoms with Crippen LogP contribution in [0.3, 0.4) is 0 Å². The summed E-state index contributed by atoms with van der Waals surface area (Å²) in [6.45, 7) is 0.136. The Kier molecular flexibility index (Phi) is 5.90. The molecule has 0 saturated carbocycles. The minimum absolute atomic E-state index is 0.0707. The van der Waals surface area contributed by atoms with E-state index in [0.717, 1.165) is 6.07 Å². The Morgan fingerprint density at radius 2 is 1.91 bits per heavy atom. The first kappa shape index (κ1) is 17.5. The highest BCUT2D eigenvalue weighted by Crippen LogP contribution is 2.37. The highest BCUT2D eigenvalue weighted by atomic mass is 16.6. The minimum Gasteiger partial charge on any atom is -0.480 e. The van der Waals surface area contributed by atoms with Gasteiger partial charge in [-0.05, 0) is 25.3 Å². The molecule has 1 rings (SSSR count). The summed E-state index contributed by atoms with van der Waals surface area (Å²) in [5.41, 5.74) is 9.69. The molecule has 0 aliphatic heterocycles. The van der Waals surface area contributed by atoms with Crippen LogP contribution in [0.25, 0.3) is 0 Å². The molecule has 1 aromatic carbocycles. The first-order chi connectivity index (χ1) is 10.3. The van der Waals surface area contributed by atoms with Crippen LogP contribution in [-0.2, 0) is 4.79 Å². The normalized spacial score (nSPS) is 13.4. The lowest BCUT2D eigenvalue weighted by Gasteiger charge is -2.18. The second-order valence-corrected chi connectivity index (χ2v) is 4.68. The lowest BCUT2D eigenvalue weighted by molar-refractivity contribution is -0.423. The number of benzene rings is 1. The van der Waals surface area contributed by atoms with Gasteiger partial charge in [-0.3, -0.25) is 25.0 Å². The second kappa shape index (κ2) is 7.43. The first-order valence-electron chi connectivity index (χ1n) is 6.39. The molecule has 1 aromatic rings. The maximum atomic E-state index is 11.2. The molecule has 5 N–H and O–H groups in total. The quantitative estimate of drug-likeness (QED) is 0.464. The van der Waals surface area contributed by atoms with E-state index >= 15 is 0 Å². The highest BCUT2D eigenvalue weighted by Gasteiger charge is 2.33. The summed E-state index contributed by atoms with van der Waals surface area (Å²) in [6, 6.07) is 2.46. The first-order valence-corrected chi connectivity index (χ1v) is 6.39. The van der Waals surface area contributed by atoms with Crippen molar-refractivity contribution < 1.29 is 19.7 Å². The summed E-state index contributed by atoms with van der Waals surface area (Å²) in [5.74, 6) is -1.91. The van der Waals surface area contributed by atoms with Crippen molar-refractivity contribution in [3.05, 3.63) is 44.0 Å². The molecule has 0 saturated heterocycles. The smallest absolute Gasteiger partial charge is 0.349 e. The summed E-state index contributed by atoms with van der Waals surface area (Å²) in [6.07, 6.45) is 0.123. The van der Waals surface area contributed by atoms with Gasteiger partial charge in [0.05, 0.1) is 9.85 Å². The molecule has 0 fully saturated rings. The lowest BCUT2D eigenvalue weighted by atomic mass is 9.88. The third-order valence-electron chi connectivity index (χ3n) is 3.24. The second-order valence-electron chi connectivity index (χ2n) is 4.68. The molecule has 10 heteroatoms. The van der Waals surface area contributed by atoms with E-state index in [9.17, 15) is 25.0 Å². The zero-order chi connectivity index (χ0) is 16.9. The van der Waals surface area contributed by atoms with Crippen LogP contribution < -0.4 is 11.5 Å². The van der Waals surface area contributed by atoms with E-state index in [4.69, 9.17) is 16.6 Å². The van der Waals surface area contributed by atoms with Crippen LogP contribution in [0.5, 0.6) is 0 Å². The number of nitro groups is 2. The Bertz CT molecular complexity index is 591. The van der Waals surface area contributed by atoms with Crippen LogP contribution in [0.2, 0.25) is 0 Å². The monoisotopic (exact) mass is 312 g/mol. The van der Waals surface area contributed by atoms with Gasteiger partial charge in [0.2, 0.25) is 0 Å². The van der Waals surface area contributed by atoms with Gasteiger partial charge in [0.1, 0.15) is 6.04 Å². The van der Waals surface area contributed by atoms with Crippen LogP contribution in [0, 0.1) is 20.2 Å². The number of para-hydroxylation sites is 1. The number of nitrogens with zero attached hydrogens (tertiary/aromatic N) is 2. The Morgan fingerprint density at radius 3 is 2.36 bits per heavy atom. The predicted octanol–water partition coefficient (Wildman–Crippen LogP) is 0.737. The fraction of sp³-hybridized carbons (Fsp3) is 0.417. The third kappa shape index (κ3) is 3.96. The molecular formula is C12H16N4O6. The van der Waals surface area contributed by atoms with Crippen molar-refractivity contribution in [2.24, 2.45) is 11.5 Å². The molecule has 22 heavy (non-hydrogen) atoms. The van der Waals surface area contributed by atoms with Gasteiger partial charge in [-0.1, -0.05) is 12.1 Å². The standard InChI is InChI=1S/C12H16N4O6/c13-5-4-7(6-9(14)12(17)18)8-2-1-3-10(15(19)20)11(8)16(21)22/h1-3,7,9H,4-6,13-14H2,(H,17,18)/t7?,9-/m0/s1. The molecule has 2 atom stereocenters. The van der Waals surface area contributed by atoms with E-state index in [1.807, 2.05) is 0 Å². The highest BCUT2D eigenvalue weighted by molar-refractivity contribution is 5.73. The summed E-state index contributed by atoms with van der Waals surface area (Å²) < 4.78 is 0. The van der Waals surface area contributed by atoms with Crippen molar-refractivity contribution >= 4 is 17.3 Å². The van der Waals surface area contributed by atoms with Crippen LogP contribution >= 0.6 is 0 Å². The number of nitrogens with two attached hydrogens (primary N) is 2. The molecule has 0 heterocycles. The summed E-state index contributed by atoms with van der Waals surface area (Å²) in [7, 11) is 0. The fourth-order valence-electron chi connectivity index (χ4n) is 2.23. The minimum atomic E-state index is -1.25. The molecule has 10 nitrogen and oxygen atoms in total. The molecule has 0 aliphatic carbocycles. The van der Waals surface area contributed by atoms with Crippen LogP contribution in [0.15, 0.2) is 18.2 Å². The van der Waals surface area contributed by atoms with Crippen LogP contribution in [-0.4, -0.2) is 33.5 Å². The molecular weight excluding hydrogens is 296 g/mol. The van der Waals surface area contributed by atoms with E-state index in [1.165, 1.54) is 12.1 Å². The summed E-state index contributed by atoms with van der Waals surface area (Å²) >= 11 is 0. The third-order valence-corrected chi connectivity index (χ3v) is 3.24. The van der Waals surface area contributed by atoms with Crippen molar-refractivity contribution in [2.75, 3.05) is 6.54 Å². The zero-order valence-corrected chi connectivity index (χ0v) is 11.5. The van der Waals surface area contributed by atoms with E-state index in [1.54, 1.807) is 0 Å². The Balaban J connectivity index is 3.35. The molecule has 120 valence electrons. The lowest BCUT2D eigenvalue weighted by Crippen LogP contribution is -2.32. The molecule has 0 aliphatic rings. The molecule has 0 aromatic heterocycles. The maximum absolute atomic E-state index is 11.2. The van der Waals surface area contributed by atoms with Gasteiger partial charge in [-0.25, -0.2) is 0 Å². The van der Waals surface area contributed by atoms with Crippen molar-refractivity contribution in [1.82, 2.24) is 0 Å². The van der Waals surface area contributed by atoms with Crippen LogP contribution in [0.1, 0.15) is 24.3 Å². The maximum Gasteiger partial charge on any atom is 0.349 e. The largest absolute Gasteiger partial charge is 0.480 e. The van der Waals surface area contributed by atoms with E-state index < -0.39 is 39.2 Å². The number of aliphatic carboxylic acids is 1. The van der Waals surface area contributed by atoms with Gasteiger partial charge in [-0.15, -0.1) is 0 Å². The number of carbonyl (C=O) groups is 1. The average molecular weight is 312 g/mol. The average Bonchev–Trinajstić information content (AvgIpc) is 2.45. The topological polar surface area (TPSA) is 176 Å². The number of hydrogen-bond acceptors (Lipinski definition) is 7. The van der Waals surface area contributed by atoms with Crippen LogP contribution in [0.4, 0.5) is 11.4 Å². The SMILES string of the molecule is NCCC(C[C@H](N)C(=O)O)c1cccc([N+](=O)[O-])c1[N+](=O)[O-]. The molecule has 1 unspecified atom stereocenters. The number of rotatable bonds is 8. The Morgan fingerprint density at radius 1 is 1.27 bits per heavy atom. The van der Waals surface area contributed by atoms with Crippen molar-refractivity contribution in [2.45, 2.75) is 24.8 Å². The Labute approximate surface area is 125 Å². The van der Waals surface area contributed by atoms with Gasteiger partial charge in [0.15, 0.2) is 0 Å². The van der Waals surface area contributed by atoms with Gasteiger partial charge in [0, 0.05) is 11.6 Å².